The van der Waals surface area contributed by atoms with E-state index >= 15 is 0 Å². The third-order valence-corrected chi connectivity index (χ3v) is 5.38. The summed E-state index contributed by atoms with van der Waals surface area (Å²) in [6.07, 6.45) is 2.42. The molecule has 6 nitrogen and oxygen atoms in total. The van der Waals surface area contributed by atoms with Crippen molar-refractivity contribution in [1.29, 1.82) is 0 Å². The number of para-hydroxylation sites is 1. The minimum atomic E-state index is -0.468. The molecule has 0 saturated carbocycles. The van der Waals surface area contributed by atoms with Crippen LogP contribution in [0.3, 0.4) is 0 Å². The molecule has 0 aromatic heterocycles. The highest BCUT2D eigenvalue weighted by molar-refractivity contribution is 8.18. The Hall–Kier alpha value is -3.06. The second-order valence-corrected chi connectivity index (χ2v) is 7.92. The van der Waals surface area contributed by atoms with Crippen molar-refractivity contribution in [3.8, 4) is 5.75 Å². The van der Waals surface area contributed by atoms with E-state index in [0.29, 0.717) is 24.5 Å². The standard InChI is InChI=1S/C23H24N2O4S/c1-3-12-24-21(26)14-25-22(27)20(30-23(25)28)13-18-6-4-5-7-19(18)29-15-17-10-8-16(2)9-11-17/h4-11,13H,3,12,14-15H2,1-2H3,(H,24,26)/b20-13-. The minimum absolute atomic E-state index is 0.270. The van der Waals surface area contributed by atoms with Gasteiger partial charge in [0.25, 0.3) is 11.1 Å². The number of aryl methyl sites for hydroxylation is 1. The Morgan fingerprint density at radius 2 is 1.87 bits per heavy atom. The molecule has 7 heteroatoms. The van der Waals surface area contributed by atoms with Crippen molar-refractivity contribution < 1.29 is 19.1 Å². The molecule has 1 fully saturated rings. The average molecular weight is 425 g/mol. The van der Waals surface area contributed by atoms with Crippen molar-refractivity contribution in [3.05, 3.63) is 70.1 Å². The van der Waals surface area contributed by atoms with Crippen LogP contribution in [0.5, 0.6) is 5.75 Å². The van der Waals surface area contributed by atoms with Crippen LogP contribution in [0.2, 0.25) is 0 Å². The number of thioether (sulfide) groups is 1. The highest BCUT2D eigenvalue weighted by atomic mass is 32.2. The van der Waals surface area contributed by atoms with Crippen molar-refractivity contribution in [2.75, 3.05) is 13.1 Å². The van der Waals surface area contributed by atoms with Gasteiger partial charge in [-0.1, -0.05) is 55.0 Å². The molecule has 3 amide bonds. The average Bonchev–Trinajstić information content (AvgIpc) is 3.00. The van der Waals surface area contributed by atoms with Gasteiger partial charge in [-0.05, 0) is 42.8 Å². The molecule has 1 saturated heterocycles. The normalized spacial score (nSPS) is 15.0. The van der Waals surface area contributed by atoms with Crippen LogP contribution >= 0.6 is 11.8 Å². The number of nitrogens with one attached hydrogen (secondary N) is 1. The summed E-state index contributed by atoms with van der Waals surface area (Å²) >= 11 is 0.830. The molecule has 0 bridgehead atoms. The molecule has 0 spiro atoms. The smallest absolute Gasteiger partial charge is 0.294 e. The second-order valence-electron chi connectivity index (χ2n) is 6.93. The molecule has 1 aliphatic rings. The van der Waals surface area contributed by atoms with Gasteiger partial charge in [-0.25, -0.2) is 0 Å². The fraction of sp³-hybridized carbons (Fsp3) is 0.261. The van der Waals surface area contributed by atoms with Gasteiger partial charge in [-0.15, -0.1) is 0 Å². The summed E-state index contributed by atoms with van der Waals surface area (Å²) in [6.45, 7) is 4.59. The first-order valence-electron chi connectivity index (χ1n) is 9.77. The van der Waals surface area contributed by atoms with E-state index in [9.17, 15) is 14.4 Å². The van der Waals surface area contributed by atoms with Gasteiger partial charge in [-0.2, -0.15) is 0 Å². The third-order valence-electron chi connectivity index (χ3n) is 4.47. The number of carbonyl (C=O) groups excluding carboxylic acids is 3. The van der Waals surface area contributed by atoms with Gasteiger partial charge in [0, 0.05) is 12.1 Å². The molecule has 3 rings (SSSR count). The molecule has 0 atom stereocenters. The third kappa shape index (κ3) is 5.51. The van der Waals surface area contributed by atoms with E-state index in [2.05, 4.69) is 5.32 Å². The van der Waals surface area contributed by atoms with Crippen molar-refractivity contribution in [2.24, 2.45) is 0 Å². The van der Waals surface area contributed by atoms with Crippen LogP contribution in [0.15, 0.2) is 53.4 Å². The molecule has 2 aromatic rings. The highest BCUT2D eigenvalue weighted by Crippen LogP contribution is 2.34. The summed E-state index contributed by atoms with van der Waals surface area (Å²) in [5.41, 5.74) is 2.91. The van der Waals surface area contributed by atoms with Gasteiger partial charge >= 0.3 is 0 Å². The Morgan fingerprint density at radius 1 is 1.13 bits per heavy atom. The summed E-state index contributed by atoms with van der Waals surface area (Å²) in [4.78, 5) is 38.0. The number of carbonyl (C=O) groups is 3. The van der Waals surface area contributed by atoms with Crippen LogP contribution in [-0.4, -0.2) is 35.0 Å². The van der Waals surface area contributed by atoms with Gasteiger partial charge in [0.1, 0.15) is 18.9 Å². The van der Waals surface area contributed by atoms with E-state index in [4.69, 9.17) is 4.74 Å². The fourth-order valence-corrected chi connectivity index (χ4v) is 3.65. The summed E-state index contributed by atoms with van der Waals surface area (Å²) in [5.74, 6) is -0.196. The molecule has 30 heavy (non-hydrogen) atoms. The van der Waals surface area contributed by atoms with Gasteiger partial charge in [0.2, 0.25) is 5.91 Å². The van der Waals surface area contributed by atoms with Gasteiger partial charge < -0.3 is 10.1 Å². The van der Waals surface area contributed by atoms with Gasteiger partial charge in [-0.3, -0.25) is 19.3 Å². The Bertz CT molecular complexity index is 969. The molecule has 0 radical (unpaired) electrons. The first-order valence-corrected chi connectivity index (χ1v) is 10.6. The number of hydrogen-bond donors (Lipinski definition) is 1. The number of rotatable bonds is 8. The zero-order chi connectivity index (χ0) is 21.5. The lowest BCUT2D eigenvalue weighted by atomic mass is 10.1. The summed E-state index contributed by atoms with van der Waals surface area (Å²) in [5, 5.41) is 2.23. The number of nitrogens with zero attached hydrogens (tertiary/aromatic N) is 1. The lowest BCUT2D eigenvalue weighted by molar-refractivity contribution is -0.129. The Morgan fingerprint density at radius 3 is 2.60 bits per heavy atom. The van der Waals surface area contributed by atoms with Crippen LogP contribution in [-0.2, 0) is 16.2 Å². The largest absolute Gasteiger partial charge is 0.488 e. The maximum absolute atomic E-state index is 12.6. The molecule has 1 N–H and O–H groups in total. The minimum Gasteiger partial charge on any atom is -0.488 e. The number of hydrogen-bond acceptors (Lipinski definition) is 5. The Balaban J connectivity index is 1.72. The van der Waals surface area contributed by atoms with E-state index in [1.807, 2.05) is 62.4 Å². The predicted octanol–water partition coefficient (Wildman–Crippen LogP) is 4.14. The Labute approximate surface area is 180 Å². The molecule has 156 valence electrons. The number of ether oxygens (including phenoxy) is 1. The quantitative estimate of drug-likeness (QED) is 0.645. The lowest BCUT2D eigenvalue weighted by Crippen LogP contribution is -2.39. The monoisotopic (exact) mass is 424 g/mol. The first kappa shape index (κ1) is 21.6. The van der Waals surface area contributed by atoms with Gasteiger partial charge in [0.15, 0.2) is 0 Å². The molecule has 1 aliphatic heterocycles. The molecule has 0 aliphatic carbocycles. The number of amides is 3. The molecule has 1 heterocycles. The fourth-order valence-electron chi connectivity index (χ4n) is 2.82. The van der Waals surface area contributed by atoms with Gasteiger partial charge in [0.05, 0.1) is 4.91 Å². The van der Waals surface area contributed by atoms with E-state index in [1.54, 1.807) is 6.08 Å². The Kier molecular flexibility index (Phi) is 7.30. The highest BCUT2D eigenvalue weighted by Gasteiger charge is 2.36. The summed E-state index contributed by atoms with van der Waals surface area (Å²) in [6, 6.07) is 15.4. The predicted molar refractivity (Wildman–Crippen MR) is 118 cm³/mol. The first-order chi connectivity index (χ1) is 14.5. The van der Waals surface area contributed by atoms with Crippen molar-refractivity contribution >= 4 is 34.9 Å². The maximum Gasteiger partial charge on any atom is 0.294 e. The maximum atomic E-state index is 12.6. The molecule has 0 unspecified atom stereocenters. The van der Waals surface area contributed by atoms with E-state index in [1.165, 1.54) is 5.56 Å². The molecular weight excluding hydrogens is 400 g/mol. The summed E-state index contributed by atoms with van der Waals surface area (Å²) in [7, 11) is 0. The van der Waals surface area contributed by atoms with E-state index in [-0.39, 0.29) is 17.4 Å². The van der Waals surface area contributed by atoms with Crippen LogP contribution < -0.4 is 10.1 Å². The van der Waals surface area contributed by atoms with Crippen molar-refractivity contribution in [3.63, 3.8) is 0 Å². The van der Waals surface area contributed by atoms with Crippen LogP contribution in [0.1, 0.15) is 30.0 Å². The second kappa shape index (κ2) is 10.1. The van der Waals surface area contributed by atoms with E-state index < -0.39 is 11.1 Å². The number of imide groups is 1. The topological polar surface area (TPSA) is 75.7 Å². The molecule has 2 aromatic carbocycles. The molecular formula is C23H24N2O4S. The lowest BCUT2D eigenvalue weighted by Gasteiger charge is -2.12. The van der Waals surface area contributed by atoms with Crippen LogP contribution in [0.4, 0.5) is 4.79 Å². The van der Waals surface area contributed by atoms with Crippen LogP contribution in [0.25, 0.3) is 6.08 Å². The van der Waals surface area contributed by atoms with Crippen molar-refractivity contribution in [2.45, 2.75) is 26.9 Å². The SMILES string of the molecule is CCCNC(=O)CN1C(=O)S/C(=C\c2ccccc2OCc2ccc(C)cc2)C1=O. The number of benzene rings is 2. The zero-order valence-corrected chi connectivity index (χ0v) is 17.8. The summed E-state index contributed by atoms with van der Waals surface area (Å²) < 4.78 is 5.94. The zero-order valence-electron chi connectivity index (χ0n) is 17.0. The van der Waals surface area contributed by atoms with Crippen molar-refractivity contribution in [1.82, 2.24) is 10.2 Å². The van der Waals surface area contributed by atoms with Crippen LogP contribution in [0, 0.1) is 6.92 Å². The van der Waals surface area contributed by atoms with E-state index in [0.717, 1.165) is 28.6 Å².